The Labute approximate surface area is 136 Å². The molecule has 0 radical (unpaired) electrons. The standard InChI is InChI=1S/C19H22N4/c1-13-4-9-17-18(12-13)23-11-10-16(20-19(23)21-17)14-5-7-15(8-6-14)22(2)3/h4-9,12,16H,10-11H2,1-3H3,(H,20,21). The van der Waals surface area contributed by atoms with E-state index in [2.05, 4.69) is 78.3 Å². The summed E-state index contributed by atoms with van der Waals surface area (Å²) in [5.41, 5.74) is 6.13. The van der Waals surface area contributed by atoms with Crippen molar-refractivity contribution in [1.29, 1.82) is 0 Å². The first-order valence-corrected chi connectivity index (χ1v) is 8.12. The Morgan fingerprint density at radius 2 is 1.91 bits per heavy atom. The van der Waals surface area contributed by atoms with Gasteiger partial charge in [-0.25, -0.2) is 4.98 Å². The number of benzene rings is 2. The largest absolute Gasteiger partial charge is 0.378 e. The quantitative estimate of drug-likeness (QED) is 0.778. The van der Waals surface area contributed by atoms with Gasteiger partial charge in [0.1, 0.15) is 0 Å². The molecule has 0 bridgehead atoms. The van der Waals surface area contributed by atoms with Crippen molar-refractivity contribution < 1.29 is 0 Å². The fourth-order valence-electron chi connectivity index (χ4n) is 3.31. The Kier molecular flexibility index (Phi) is 3.26. The lowest BCUT2D eigenvalue weighted by molar-refractivity contribution is 0.552. The second-order valence-corrected chi connectivity index (χ2v) is 6.55. The van der Waals surface area contributed by atoms with Gasteiger partial charge in [-0.1, -0.05) is 18.2 Å². The van der Waals surface area contributed by atoms with Gasteiger partial charge in [-0.3, -0.25) is 0 Å². The summed E-state index contributed by atoms with van der Waals surface area (Å²) in [5.74, 6) is 0.985. The van der Waals surface area contributed by atoms with E-state index in [1.807, 2.05) is 0 Å². The molecule has 0 saturated carbocycles. The van der Waals surface area contributed by atoms with E-state index in [4.69, 9.17) is 4.98 Å². The van der Waals surface area contributed by atoms with Crippen molar-refractivity contribution in [1.82, 2.24) is 9.55 Å². The average Bonchev–Trinajstić information content (AvgIpc) is 2.92. The minimum Gasteiger partial charge on any atom is -0.378 e. The fourth-order valence-corrected chi connectivity index (χ4v) is 3.31. The molecule has 1 aliphatic heterocycles. The summed E-state index contributed by atoms with van der Waals surface area (Å²) in [6, 6.07) is 15.6. The second-order valence-electron chi connectivity index (χ2n) is 6.55. The zero-order valence-corrected chi connectivity index (χ0v) is 13.9. The van der Waals surface area contributed by atoms with E-state index in [-0.39, 0.29) is 0 Å². The van der Waals surface area contributed by atoms with E-state index in [1.165, 1.54) is 22.3 Å². The average molecular weight is 306 g/mol. The lowest BCUT2D eigenvalue weighted by atomic mass is 10.0. The minimum atomic E-state index is 0.330. The molecule has 4 nitrogen and oxygen atoms in total. The van der Waals surface area contributed by atoms with Crippen LogP contribution in [0.15, 0.2) is 42.5 Å². The van der Waals surface area contributed by atoms with E-state index >= 15 is 0 Å². The summed E-state index contributed by atoms with van der Waals surface area (Å²) in [6.45, 7) is 3.13. The van der Waals surface area contributed by atoms with Crippen molar-refractivity contribution >= 4 is 22.7 Å². The Hall–Kier alpha value is -2.49. The van der Waals surface area contributed by atoms with Gasteiger partial charge in [-0.15, -0.1) is 0 Å². The SMILES string of the molecule is Cc1ccc2nc3n(c2c1)CCC(c1ccc(N(C)C)cc1)N3. The topological polar surface area (TPSA) is 33.1 Å². The molecule has 2 heterocycles. The highest BCUT2D eigenvalue weighted by atomic mass is 15.2. The second kappa shape index (κ2) is 5.30. The number of imidazole rings is 1. The molecule has 3 aromatic rings. The fraction of sp³-hybridized carbons (Fsp3) is 0.316. The lowest BCUT2D eigenvalue weighted by Crippen LogP contribution is -2.22. The molecule has 4 heteroatoms. The van der Waals surface area contributed by atoms with Gasteiger partial charge in [0.15, 0.2) is 0 Å². The molecule has 0 fully saturated rings. The van der Waals surface area contributed by atoms with Gasteiger partial charge < -0.3 is 14.8 Å². The molecule has 0 saturated heterocycles. The summed E-state index contributed by atoms with van der Waals surface area (Å²) >= 11 is 0. The molecule has 1 N–H and O–H groups in total. The Bertz CT molecular complexity index is 846. The number of aryl methyl sites for hydroxylation is 2. The molecule has 1 aromatic heterocycles. The predicted octanol–water partition coefficient (Wildman–Crippen LogP) is 3.97. The van der Waals surface area contributed by atoms with E-state index < -0.39 is 0 Å². The molecule has 0 aliphatic carbocycles. The van der Waals surface area contributed by atoms with Crippen molar-refractivity contribution in [2.75, 3.05) is 24.3 Å². The van der Waals surface area contributed by atoms with Crippen LogP contribution in [0.3, 0.4) is 0 Å². The van der Waals surface area contributed by atoms with Crippen LogP contribution in [-0.4, -0.2) is 23.6 Å². The van der Waals surface area contributed by atoms with Gasteiger partial charge in [-0.2, -0.15) is 0 Å². The lowest BCUT2D eigenvalue weighted by Gasteiger charge is -2.26. The van der Waals surface area contributed by atoms with Gasteiger partial charge in [0.25, 0.3) is 0 Å². The third kappa shape index (κ3) is 2.44. The molecule has 0 amide bonds. The van der Waals surface area contributed by atoms with Gasteiger partial charge >= 0.3 is 0 Å². The first-order chi connectivity index (χ1) is 11.1. The van der Waals surface area contributed by atoms with Crippen molar-refractivity contribution in [3.8, 4) is 0 Å². The van der Waals surface area contributed by atoms with Crippen LogP contribution in [0.2, 0.25) is 0 Å². The Morgan fingerprint density at radius 1 is 1.13 bits per heavy atom. The van der Waals surface area contributed by atoms with E-state index in [0.29, 0.717) is 6.04 Å². The molecule has 1 unspecified atom stereocenters. The highest BCUT2D eigenvalue weighted by Crippen LogP contribution is 2.32. The monoisotopic (exact) mass is 306 g/mol. The minimum absolute atomic E-state index is 0.330. The number of nitrogens with one attached hydrogen (secondary N) is 1. The number of nitrogens with zero attached hydrogens (tertiary/aromatic N) is 3. The molecular weight excluding hydrogens is 284 g/mol. The van der Waals surface area contributed by atoms with E-state index in [1.54, 1.807) is 0 Å². The Balaban J connectivity index is 1.64. The molecule has 2 aromatic carbocycles. The van der Waals surface area contributed by atoms with Gasteiger partial charge in [0.2, 0.25) is 5.95 Å². The number of hydrogen-bond acceptors (Lipinski definition) is 3. The summed E-state index contributed by atoms with van der Waals surface area (Å²) in [4.78, 5) is 6.88. The van der Waals surface area contributed by atoms with Crippen LogP contribution >= 0.6 is 0 Å². The van der Waals surface area contributed by atoms with Crippen molar-refractivity contribution in [3.05, 3.63) is 53.6 Å². The summed E-state index contributed by atoms with van der Waals surface area (Å²) in [6.07, 6.45) is 1.08. The van der Waals surface area contributed by atoms with Crippen LogP contribution in [-0.2, 0) is 6.54 Å². The Morgan fingerprint density at radius 3 is 2.65 bits per heavy atom. The normalized spacial score (nSPS) is 16.9. The third-order valence-corrected chi connectivity index (χ3v) is 4.66. The maximum atomic E-state index is 4.76. The highest BCUT2D eigenvalue weighted by Gasteiger charge is 2.22. The predicted molar refractivity (Wildman–Crippen MR) is 96.2 cm³/mol. The first kappa shape index (κ1) is 14.1. The smallest absolute Gasteiger partial charge is 0.204 e. The molecule has 118 valence electrons. The summed E-state index contributed by atoms with van der Waals surface area (Å²) in [5, 5.41) is 3.61. The molecule has 1 atom stereocenters. The molecule has 0 spiro atoms. The maximum absolute atomic E-state index is 4.76. The highest BCUT2D eigenvalue weighted by molar-refractivity contribution is 5.79. The zero-order valence-electron chi connectivity index (χ0n) is 13.9. The van der Waals surface area contributed by atoms with Crippen LogP contribution in [0.5, 0.6) is 0 Å². The molecular formula is C19H22N4. The number of hydrogen-bond donors (Lipinski definition) is 1. The van der Waals surface area contributed by atoms with Crippen LogP contribution in [0.1, 0.15) is 23.6 Å². The number of anilines is 2. The molecule has 23 heavy (non-hydrogen) atoms. The van der Waals surface area contributed by atoms with Crippen molar-refractivity contribution in [2.45, 2.75) is 25.9 Å². The summed E-state index contributed by atoms with van der Waals surface area (Å²) < 4.78 is 2.30. The van der Waals surface area contributed by atoms with Crippen LogP contribution in [0, 0.1) is 6.92 Å². The number of fused-ring (bicyclic) bond motifs is 3. The van der Waals surface area contributed by atoms with Gasteiger partial charge in [-0.05, 0) is 48.7 Å². The van der Waals surface area contributed by atoms with Crippen LogP contribution in [0.4, 0.5) is 11.6 Å². The van der Waals surface area contributed by atoms with Crippen molar-refractivity contribution in [3.63, 3.8) is 0 Å². The zero-order chi connectivity index (χ0) is 16.0. The maximum Gasteiger partial charge on any atom is 0.204 e. The number of rotatable bonds is 2. The van der Waals surface area contributed by atoms with E-state index in [0.717, 1.165) is 24.4 Å². The van der Waals surface area contributed by atoms with Gasteiger partial charge in [0, 0.05) is 26.3 Å². The van der Waals surface area contributed by atoms with Gasteiger partial charge in [0.05, 0.1) is 17.1 Å². The van der Waals surface area contributed by atoms with Crippen LogP contribution in [0.25, 0.3) is 11.0 Å². The number of aromatic nitrogens is 2. The molecule has 4 rings (SSSR count). The third-order valence-electron chi connectivity index (χ3n) is 4.66. The first-order valence-electron chi connectivity index (χ1n) is 8.12. The molecule has 1 aliphatic rings. The van der Waals surface area contributed by atoms with E-state index in [9.17, 15) is 0 Å². The van der Waals surface area contributed by atoms with Crippen LogP contribution < -0.4 is 10.2 Å². The van der Waals surface area contributed by atoms with Crippen molar-refractivity contribution in [2.24, 2.45) is 0 Å². The summed E-state index contributed by atoms with van der Waals surface area (Å²) in [7, 11) is 4.14.